The molecular formula is C18H11ClF3IN4O2. The highest BCUT2D eigenvalue weighted by molar-refractivity contribution is 14.1. The molecule has 0 fully saturated rings. The summed E-state index contributed by atoms with van der Waals surface area (Å²) in [4.78, 5) is 20.8. The predicted molar refractivity (Wildman–Crippen MR) is 107 cm³/mol. The van der Waals surface area contributed by atoms with Crippen LogP contribution >= 0.6 is 34.2 Å². The fraction of sp³-hybridized carbons (Fsp3) is 0.222. The Hall–Kier alpha value is -2.21. The Balaban J connectivity index is 1.86. The zero-order chi connectivity index (χ0) is 21.0. The van der Waals surface area contributed by atoms with Gasteiger partial charge in [-0.05, 0) is 37.3 Å². The van der Waals surface area contributed by atoms with Gasteiger partial charge in [0.25, 0.3) is 0 Å². The summed E-state index contributed by atoms with van der Waals surface area (Å²) >= 11 is 8.24. The van der Waals surface area contributed by atoms with Crippen LogP contribution in [0.1, 0.15) is 24.5 Å². The topological polar surface area (TPSA) is 69.4 Å². The van der Waals surface area contributed by atoms with Gasteiger partial charge in [0.2, 0.25) is 6.23 Å². The lowest BCUT2D eigenvalue weighted by atomic mass is 9.96. The second kappa shape index (κ2) is 6.94. The van der Waals surface area contributed by atoms with Crippen LogP contribution in [0.15, 0.2) is 53.2 Å². The maximum absolute atomic E-state index is 13.3. The molecule has 0 bridgehead atoms. The zero-order valence-electron chi connectivity index (χ0n) is 14.6. The third-order valence-corrected chi connectivity index (χ3v) is 5.15. The first-order valence-corrected chi connectivity index (χ1v) is 9.69. The van der Waals surface area contributed by atoms with E-state index >= 15 is 0 Å². The van der Waals surface area contributed by atoms with E-state index in [2.05, 4.69) is 37.7 Å². The number of fused-ring (bicyclic) bond motifs is 1. The van der Waals surface area contributed by atoms with Crippen molar-refractivity contribution in [3.05, 3.63) is 64.6 Å². The van der Waals surface area contributed by atoms with Gasteiger partial charge in [0, 0.05) is 6.20 Å². The van der Waals surface area contributed by atoms with Crippen LogP contribution in [0.5, 0.6) is 0 Å². The van der Waals surface area contributed by atoms with Gasteiger partial charge in [0.1, 0.15) is 5.69 Å². The average Bonchev–Trinajstić information content (AvgIpc) is 3.08. The number of carbonyl (C=O) groups is 1. The van der Waals surface area contributed by atoms with Gasteiger partial charge in [-0.15, -0.1) is 0 Å². The molecule has 2 atom stereocenters. The van der Waals surface area contributed by atoms with E-state index in [0.717, 1.165) is 10.7 Å². The molecule has 0 spiro atoms. The van der Waals surface area contributed by atoms with E-state index in [1.807, 2.05) is 13.0 Å². The number of rotatable bonds is 2. The molecule has 2 aromatic rings. The number of carbonyl (C=O) groups excluding carboxylic acids is 1. The maximum Gasteiger partial charge on any atom is 0.435 e. The fourth-order valence-electron chi connectivity index (χ4n) is 2.87. The summed E-state index contributed by atoms with van der Waals surface area (Å²) in [5.74, 6) is -0.711. The lowest BCUT2D eigenvalue weighted by Crippen LogP contribution is -2.29. The van der Waals surface area contributed by atoms with Crippen molar-refractivity contribution in [3.63, 3.8) is 0 Å². The Morgan fingerprint density at radius 3 is 2.83 bits per heavy atom. The van der Waals surface area contributed by atoms with Gasteiger partial charge in [-0.1, -0.05) is 40.3 Å². The first-order chi connectivity index (χ1) is 13.5. The Bertz CT molecular complexity index is 1100. The predicted octanol–water partition coefficient (Wildman–Crippen LogP) is 4.63. The van der Waals surface area contributed by atoms with Crippen molar-refractivity contribution in [2.75, 3.05) is 0 Å². The monoisotopic (exact) mass is 534 g/mol. The minimum Gasteiger partial charge on any atom is -0.430 e. The van der Waals surface area contributed by atoms with Crippen LogP contribution in [-0.4, -0.2) is 29.9 Å². The molecule has 0 saturated heterocycles. The van der Waals surface area contributed by atoms with Gasteiger partial charge in [-0.25, -0.2) is 19.5 Å². The molecule has 0 amide bonds. The number of aromatic nitrogens is 3. The number of hydrogen-bond acceptors (Lipinski definition) is 5. The van der Waals surface area contributed by atoms with E-state index in [0.29, 0.717) is 5.71 Å². The first-order valence-electron chi connectivity index (χ1n) is 8.23. The summed E-state index contributed by atoms with van der Waals surface area (Å²) in [6, 6.07) is 3.77. The molecule has 0 radical (unpaired) electrons. The van der Waals surface area contributed by atoms with Crippen molar-refractivity contribution in [2.45, 2.75) is 22.7 Å². The summed E-state index contributed by atoms with van der Waals surface area (Å²) < 4.78 is 45.7. The van der Waals surface area contributed by atoms with Crippen molar-refractivity contribution >= 4 is 45.9 Å². The lowest BCUT2D eigenvalue weighted by molar-refractivity contribution is -0.144. The van der Waals surface area contributed by atoms with Crippen molar-refractivity contribution in [1.29, 1.82) is 0 Å². The molecule has 2 aliphatic rings. The number of ether oxygens (including phenoxy) is 1. The molecule has 6 nitrogen and oxygen atoms in total. The summed E-state index contributed by atoms with van der Waals surface area (Å²) in [6.07, 6.45) is 0.489. The van der Waals surface area contributed by atoms with Crippen LogP contribution in [0, 0.1) is 0 Å². The second-order valence-electron chi connectivity index (χ2n) is 6.49. The molecule has 11 heteroatoms. The van der Waals surface area contributed by atoms with Crippen molar-refractivity contribution in [2.24, 2.45) is 4.99 Å². The number of halogens is 5. The highest BCUT2D eigenvalue weighted by atomic mass is 127. The Morgan fingerprint density at radius 2 is 2.14 bits per heavy atom. The summed E-state index contributed by atoms with van der Waals surface area (Å²) in [5.41, 5.74) is -0.702. The van der Waals surface area contributed by atoms with Crippen molar-refractivity contribution < 1.29 is 22.7 Å². The van der Waals surface area contributed by atoms with Gasteiger partial charge in [0.05, 0.1) is 19.7 Å². The lowest BCUT2D eigenvalue weighted by Gasteiger charge is -2.27. The highest BCUT2D eigenvalue weighted by Crippen LogP contribution is 2.37. The molecule has 1 aliphatic heterocycles. The third-order valence-electron chi connectivity index (χ3n) is 4.18. The molecule has 0 aromatic carbocycles. The Labute approximate surface area is 181 Å². The molecule has 2 aromatic heterocycles. The van der Waals surface area contributed by atoms with Crippen LogP contribution in [0.2, 0.25) is 5.02 Å². The van der Waals surface area contributed by atoms with Gasteiger partial charge in [0.15, 0.2) is 11.5 Å². The Kier molecular flexibility index (Phi) is 4.80. The van der Waals surface area contributed by atoms with Crippen LogP contribution in [0.4, 0.5) is 13.2 Å². The normalized spacial score (nSPS) is 23.9. The van der Waals surface area contributed by atoms with Crippen LogP contribution in [0.25, 0.3) is 5.82 Å². The number of cyclic esters (lactones) is 1. The molecule has 29 heavy (non-hydrogen) atoms. The molecule has 0 N–H and O–H groups in total. The smallest absolute Gasteiger partial charge is 0.430 e. The highest BCUT2D eigenvalue weighted by Gasteiger charge is 2.39. The van der Waals surface area contributed by atoms with E-state index in [9.17, 15) is 18.0 Å². The van der Waals surface area contributed by atoms with Crippen molar-refractivity contribution in [1.82, 2.24) is 14.8 Å². The minimum atomic E-state index is -4.72. The van der Waals surface area contributed by atoms with E-state index < -0.39 is 27.5 Å². The van der Waals surface area contributed by atoms with E-state index in [1.165, 1.54) is 18.3 Å². The third kappa shape index (κ3) is 3.82. The summed E-state index contributed by atoms with van der Waals surface area (Å²) in [7, 11) is 0. The molecule has 4 rings (SSSR count). The Morgan fingerprint density at radius 1 is 1.38 bits per heavy atom. The van der Waals surface area contributed by atoms with Crippen LogP contribution < -0.4 is 0 Å². The van der Waals surface area contributed by atoms with Crippen LogP contribution in [-0.2, 0) is 15.7 Å². The van der Waals surface area contributed by atoms with Gasteiger partial charge >= 0.3 is 12.1 Å². The fourth-order valence-corrected chi connectivity index (χ4v) is 3.56. The van der Waals surface area contributed by atoms with E-state index in [4.69, 9.17) is 16.3 Å². The molecular weight excluding hydrogens is 524 g/mol. The number of pyridine rings is 1. The average molecular weight is 535 g/mol. The van der Waals surface area contributed by atoms with Crippen molar-refractivity contribution in [3.8, 4) is 5.82 Å². The number of allylic oxidation sites excluding steroid dienone is 3. The zero-order valence-corrected chi connectivity index (χ0v) is 17.5. The number of aliphatic imine (C=N–C) groups is 1. The number of nitrogens with zero attached hydrogens (tertiary/aromatic N) is 4. The standard InChI is InChI=1S/C18H11ClF3IN4O2/c1-17(23)5-4-11-9(8-17)16(28)29-15(25-11)12-7-13(18(20,21)22)26-27(12)14-10(19)3-2-6-24-14/h2-8,15H,1H3. The molecule has 2 unspecified atom stereocenters. The number of hydrogen-bond donors (Lipinski definition) is 0. The molecule has 150 valence electrons. The minimum absolute atomic E-state index is 0.0312. The largest absolute Gasteiger partial charge is 0.435 e. The van der Waals surface area contributed by atoms with E-state index in [-0.39, 0.29) is 22.1 Å². The van der Waals surface area contributed by atoms with E-state index in [1.54, 1.807) is 12.2 Å². The molecule has 1 aliphatic carbocycles. The second-order valence-corrected chi connectivity index (χ2v) is 9.22. The summed E-state index contributed by atoms with van der Waals surface area (Å²) in [6.45, 7) is 1.89. The van der Waals surface area contributed by atoms with Gasteiger partial charge < -0.3 is 4.74 Å². The number of esters is 1. The SMILES string of the molecule is CC1(I)C=CC2=NC(c3cc(C(F)(F)F)nn3-c3ncccc3Cl)OC(=O)C2=C1. The quantitative estimate of drug-likeness (QED) is 0.320. The van der Waals surface area contributed by atoms with Gasteiger partial charge in [-0.2, -0.15) is 18.3 Å². The molecule has 3 heterocycles. The molecule has 0 saturated carbocycles. The van der Waals surface area contributed by atoms with Gasteiger partial charge in [-0.3, -0.25) is 0 Å². The maximum atomic E-state index is 13.3. The summed E-state index contributed by atoms with van der Waals surface area (Å²) in [5, 5.41) is 3.67. The first kappa shape index (κ1) is 20.1. The van der Waals surface area contributed by atoms with Crippen LogP contribution in [0.3, 0.4) is 0 Å². The number of alkyl halides is 4.